The smallest absolute Gasteiger partial charge is 0.251 e. The Morgan fingerprint density at radius 1 is 1.40 bits per heavy atom. The summed E-state index contributed by atoms with van der Waals surface area (Å²) in [7, 11) is 0. The maximum Gasteiger partial charge on any atom is 0.251 e. The number of aliphatic hydroxyl groups is 1. The van der Waals surface area contributed by atoms with Crippen LogP contribution < -0.4 is 5.32 Å². The normalized spacial score (nSPS) is 10.1. The second-order valence-electron chi connectivity index (χ2n) is 5.28. The highest BCUT2D eigenvalue weighted by molar-refractivity contribution is 5.96. The lowest BCUT2D eigenvalue weighted by atomic mass is 10.0. The number of aryl methyl sites for hydroxylation is 1. The molecule has 0 heterocycles. The van der Waals surface area contributed by atoms with Gasteiger partial charge in [-0.1, -0.05) is 31.8 Å². The number of nitrogens with one attached hydrogen (secondary N) is 1. The minimum absolute atomic E-state index is 0.0566. The van der Waals surface area contributed by atoms with Crippen LogP contribution in [0.4, 0.5) is 0 Å². The Labute approximate surface area is 121 Å². The first-order chi connectivity index (χ1) is 9.54. The Morgan fingerprint density at radius 2 is 2.15 bits per heavy atom. The van der Waals surface area contributed by atoms with Crippen LogP contribution in [0.1, 0.15) is 48.2 Å². The van der Waals surface area contributed by atoms with Crippen LogP contribution in [-0.4, -0.2) is 24.2 Å². The Bertz CT molecular complexity index is 509. The second kappa shape index (κ2) is 8.39. The molecule has 3 heteroatoms. The number of rotatable bonds is 5. The summed E-state index contributed by atoms with van der Waals surface area (Å²) in [5.74, 6) is 6.01. The maximum atomic E-state index is 12.1. The maximum absolute atomic E-state index is 12.1. The summed E-state index contributed by atoms with van der Waals surface area (Å²) in [6, 6.07) is 5.51. The van der Waals surface area contributed by atoms with Crippen LogP contribution >= 0.6 is 0 Å². The Balaban J connectivity index is 2.67. The molecule has 0 saturated heterocycles. The van der Waals surface area contributed by atoms with Crippen LogP contribution in [0, 0.1) is 24.7 Å². The zero-order valence-corrected chi connectivity index (χ0v) is 12.5. The van der Waals surface area contributed by atoms with Crippen molar-refractivity contribution >= 4 is 5.91 Å². The second-order valence-corrected chi connectivity index (χ2v) is 5.28. The number of benzene rings is 1. The third-order valence-electron chi connectivity index (χ3n) is 3.04. The van der Waals surface area contributed by atoms with Gasteiger partial charge in [0.25, 0.3) is 5.91 Å². The van der Waals surface area contributed by atoms with E-state index in [4.69, 9.17) is 5.11 Å². The molecular weight excluding hydrogens is 250 g/mol. The van der Waals surface area contributed by atoms with Gasteiger partial charge >= 0.3 is 0 Å². The molecule has 3 nitrogen and oxygen atoms in total. The molecule has 1 amide bonds. The molecule has 1 aromatic rings. The fraction of sp³-hybridized carbons (Fsp3) is 0.471. The summed E-state index contributed by atoms with van der Waals surface area (Å²) in [4.78, 5) is 12.1. The zero-order valence-electron chi connectivity index (χ0n) is 12.5. The van der Waals surface area contributed by atoms with E-state index in [1.54, 1.807) is 6.07 Å². The summed E-state index contributed by atoms with van der Waals surface area (Å²) in [6.45, 7) is 6.78. The molecule has 0 spiro atoms. The minimum Gasteiger partial charge on any atom is -0.384 e. The summed E-state index contributed by atoms with van der Waals surface area (Å²) >= 11 is 0. The molecule has 1 aromatic carbocycles. The Morgan fingerprint density at radius 3 is 2.80 bits per heavy atom. The molecular formula is C17H23NO2. The number of aliphatic hydroxyl groups excluding tert-OH is 1. The van der Waals surface area contributed by atoms with E-state index >= 15 is 0 Å². The predicted molar refractivity (Wildman–Crippen MR) is 81.5 cm³/mol. The predicted octanol–water partition coefficient (Wildman–Crippen LogP) is 2.50. The molecule has 108 valence electrons. The van der Waals surface area contributed by atoms with Gasteiger partial charge in [0.1, 0.15) is 6.61 Å². The monoisotopic (exact) mass is 273 g/mol. The van der Waals surface area contributed by atoms with E-state index in [1.807, 2.05) is 19.1 Å². The lowest BCUT2D eigenvalue weighted by molar-refractivity contribution is 0.0952. The average Bonchev–Trinajstić information content (AvgIpc) is 2.42. The third kappa shape index (κ3) is 5.46. The van der Waals surface area contributed by atoms with E-state index in [2.05, 4.69) is 31.0 Å². The molecule has 0 aromatic heterocycles. The van der Waals surface area contributed by atoms with E-state index in [1.165, 1.54) is 0 Å². The highest BCUT2D eigenvalue weighted by atomic mass is 16.2. The first-order valence-corrected chi connectivity index (χ1v) is 7.03. The van der Waals surface area contributed by atoms with Gasteiger partial charge in [-0.05, 0) is 43.4 Å². The summed E-state index contributed by atoms with van der Waals surface area (Å²) in [5, 5.41) is 11.6. The van der Waals surface area contributed by atoms with Gasteiger partial charge in [-0.25, -0.2) is 0 Å². The average molecular weight is 273 g/mol. The van der Waals surface area contributed by atoms with Gasteiger partial charge in [0.2, 0.25) is 0 Å². The van der Waals surface area contributed by atoms with Gasteiger partial charge in [-0.15, -0.1) is 0 Å². The number of carbonyl (C=O) groups excluding carboxylic acids is 1. The molecule has 0 aliphatic heterocycles. The van der Waals surface area contributed by atoms with Crippen molar-refractivity contribution in [2.24, 2.45) is 5.92 Å². The highest BCUT2D eigenvalue weighted by Crippen LogP contribution is 2.11. The molecule has 0 saturated carbocycles. The highest BCUT2D eigenvalue weighted by Gasteiger charge is 2.09. The Kier molecular flexibility index (Phi) is 6.83. The van der Waals surface area contributed by atoms with Crippen molar-refractivity contribution in [1.82, 2.24) is 5.32 Å². The molecule has 0 unspecified atom stereocenters. The molecule has 0 aliphatic carbocycles. The number of amides is 1. The van der Waals surface area contributed by atoms with Gasteiger partial charge in [0, 0.05) is 17.7 Å². The van der Waals surface area contributed by atoms with E-state index in [0.29, 0.717) is 18.0 Å². The van der Waals surface area contributed by atoms with Crippen molar-refractivity contribution in [3.8, 4) is 11.8 Å². The van der Waals surface area contributed by atoms with Gasteiger partial charge in [0.05, 0.1) is 0 Å². The van der Waals surface area contributed by atoms with Crippen LogP contribution in [0.15, 0.2) is 18.2 Å². The first kappa shape index (κ1) is 16.3. The quantitative estimate of drug-likeness (QED) is 0.639. The van der Waals surface area contributed by atoms with Gasteiger partial charge in [-0.2, -0.15) is 0 Å². The van der Waals surface area contributed by atoms with Gasteiger partial charge in [-0.3, -0.25) is 4.79 Å². The van der Waals surface area contributed by atoms with Crippen molar-refractivity contribution < 1.29 is 9.90 Å². The molecule has 2 N–H and O–H groups in total. The third-order valence-corrected chi connectivity index (χ3v) is 3.04. The van der Waals surface area contributed by atoms with Crippen LogP contribution in [0.3, 0.4) is 0 Å². The topological polar surface area (TPSA) is 49.3 Å². The van der Waals surface area contributed by atoms with Gasteiger partial charge in [0.15, 0.2) is 0 Å². The minimum atomic E-state index is -0.176. The van der Waals surface area contributed by atoms with Crippen molar-refractivity contribution in [3.05, 3.63) is 34.9 Å². The van der Waals surface area contributed by atoms with E-state index in [-0.39, 0.29) is 12.5 Å². The van der Waals surface area contributed by atoms with Crippen LogP contribution in [0.25, 0.3) is 0 Å². The SMILES string of the molecule is Cc1ccc(C#CCO)cc1C(=O)NCCCC(C)C. The molecule has 20 heavy (non-hydrogen) atoms. The van der Waals surface area contributed by atoms with E-state index < -0.39 is 0 Å². The summed E-state index contributed by atoms with van der Waals surface area (Å²) < 4.78 is 0. The standard InChI is InChI=1S/C17H23NO2/c1-13(2)6-4-10-18-17(20)16-12-15(7-5-11-19)9-8-14(16)3/h8-9,12-13,19H,4,6,10-11H2,1-3H3,(H,18,20). The lowest BCUT2D eigenvalue weighted by Gasteiger charge is -2.09. The van der Waals surface area contributed by atoms with E-state index in [9.17, 15) is 4.79 Å². The number of hydrogen-bond donors (Lipinski definition) is 2. The fourth-order valence-corrected chi connectivity index (χ4v) is 1.89. The Hall–Kier alpha value is -1.79. The van der Waals surface area contributed by atoms with Gasteiger partial charge < -0.3 is 10.4 Å². The zero-order chi connectivity index (χ0) is 15.0. The first-order valence-electron chi connectivity index (χ1n) is 7.03. The molecule has 0 radical (unpaired) electrons. The number of hydrogen-bond acceptors (Lipinski definition) is 2. The summed E-state index contributed by atoms with van der Waals surface area (Å²) in [5.41, 5.74) is 2.33. The fourth-order valence-electron chi connectivity index (χ4n) is 1.89. The molecule has 0 fully saturated rings. The largest absolute Gasteiger partial charge is 0.384 e. The molecule has 0 atom stereocenters. The summed E-state index contributed by atoms with van der Waals surface area (Å²) in [6.07, 6.45) is 2.10. The van der Waals surface area contributed by atoms with Crippen molar-refractivity contribution in [1.29, 1.82) is 0 Å². The van der Waals surface area contributed by atoms with Crippen LogP contribution in [0.5, 0.6) is 0 Å². The number of carbonyl (C=O) groups is 1. The van der Waals surface area contributed by atoms with E-state index in [0.717, 1.165) is 24.0 Å². The molecule has 1 rings (SSSR count). The van der Waals surface area contributed by atoms with Crippen LogP contribution in [0.2, 0.25) is 0 Å². The lowest BCUT2D eigenvalue weighted by Crippen LogP contribution is -2.25. The van der Waals surface area contributed by atoms with Crippen molar-refractivity contribution in [3.63, 3.8) is 0 Å². The molecule has 0 bridgehead atoms. The van der Waals surface area contributed by atoms with Crippen molar-refractivity contribution in [2.75, 3.05) is 13.2 Å². The van der Waals surface area contributed by atoms with Crippen LogP contribution in [-0.2, 0) is 0 Å². The molecule has 0 aliphatic rings. The van der Waals surface area contributed by atoms with Crippen molar-refractivity contribution in [2.45, 2.75) is 33.6 Å².